The predicted octanol–water partition coefficient (Wildman–Crippen LogP) is 0.685. The number of likely N-dealkylation sites (N-methyl/N-ethyl adjacent to an activating group) is 1. The van der Waals surface area contributed by atoms with E-state index in [-0.39, 0.29) is 18.3 Å². The second-order valence-corrected chi connectivity index (χ2v) is 6.97. The van der Waals surface area contributed by atoms with Gasteiger partial charge in [-0.25, -0.2) is 0 Å². The van der Waals surface area contributed by atoms with Crippen LogP contribution in [-0.2, 0) is 11.3 Å². The molecule has 0 radical (unpaired) electrons. The third-order valence-electron chi connectivity index (χ3n) is 4.94. The molecule has 2 aromatic carbocycles. The van der Waals surface area contributed by atoms with Gasteiger partial charge in [0.2, 0.25) is 5.82 Å². The number of rotatable bonds is 4. The summed E-state index contributed by atoms with van der Waals surface area (Å²) in [6.07, 6.45) is 0. The van der Waals surface area contributed by atoms with Crippen molar-refractivity contribution in [2.24, 2.45) is 0 Å². The van der Waals surface area contributed by atoms with E-state index >= 15 is 0 Å². The summed E-state index contributed by atoms with van der Waals surface area (Å²) in [5.74, 6) is -0.133. The zero-order valence-electron chi connectivity index (χ0n) is 16.0. The van der Waals surface area contributed by atoms with Gasteiger partial charge >= 0.3 is 0 Å². The van der Waals surface area contributed by atoms with Crippen LogP contribution in [0.15, 0.2) is 42.5 Å². The summed E-state index contributed by atoms with van der Waals surface area (Å²) in [6, 6.07) is 12.3. The number of aromatic amines is 2. The first-order valence-electron chi connectivity index (χ1n) is 9.31. The van der Waals surface area contributed by atoms with E-state index in [0.717, 1.165) is 5.56 Å². The molecule has 0 spiro atoms. The van der Waals surface area contributed by atoms with Crippen LogP contribution in [0.1, 0.15) is 16.2 Å². The van der Waals surface area contributed by atoms with E-state index in [4.69, 9.17) is 4.74 Å². The van der Waals surface area contributed by atoms with Gasteiger partial charge in [-0.2, -0.15) is 20.2 Å². The molecule has 1 aliphatic heterocycles. The molecule has 3 heterocycles. The highest BCUT2D eigenvalue weighted by Gasteiger charge is 2.32. The fraction of sp³-hybridized carbons (Fsp3) is 0.211. The smallest absolute Gasteiger partial charge is 0.291 e. The first-order valence-corrected chi connectivity index (χ1v) is 9.31. The van der Waals surface area contributed by atoms with Gasteiger partial charge < -0.3 is 15.0 Å². The highest BCUT2D eigenvalue weighted by atomic mass is 16.5. The summed E-state index contributed by atoms with van der Waals surface area (Å²) in [6.45, 7) is 0.517. The molecule has 4 aromatic rings. The Morgan fingerprint density at radius 2 is 1.97 bits per heavy atom. The fourth-order valence-electron chi connectivity index (χ4n) is 3.34. The van der Waals surface area contributed by atoms with Crippen LogP contribution in [0.5, 0.6) is 5.75 Å². The quantitative estimate of drug-likeness (QED) is 0.456. The van der Waals surface area contributed by atoms with E-state index < -0.39 is 11.9 Å². The summed E-state index contributed by atoms with van der Waals surface area (Å²) >= 11 is 0. The zero-order valence-corrected chi connectivity index (χ0v) is 16.0. The highest BCUT2D eigenvalue weighted by molar-refractivity contribution is 6.03. The molecule has 11 nitrogen and oxygen atoms in total. The molecule has 5 rings (SSSR count). The number of hydrogen-bond donors (Lipinski definition) is 3. The zero-order chi connectivity index (χ0) is 20.7. The maximum absolute atomic E-state index is 12.9. The maximum Gasteiger partial charge on any atom is 0.291 e. The van der Waals surface area contributed by atoms with E-state index in [1.807, 2.05) is 30.3 Å². The van der Waals surface area contributed by atoms with E-state index in [9.17, 15) is 9.59 Å². The summed E-state index contributed by atoms with van der Waals surface area (Å²) < 4.78 is 5.78. The highest BCUT2D eigenvalue weighted by Crippen LogP contribution is 2.33. The Bertz CT molecular complexity index is 1210. The van der Waals surface area contributed by atoms with Crippen LogP contribution in [0.25, 0.3) is 11.0 Å². The summed E-state index contributed by atoms with van der Waals surface area (Å²) in [4.78, 5) is 28.4. The lowest BCUT2D eigenvalue weighted by Crippen LogP contribution is -2.50. The van der Waals surface area contributed by atoms with Crippen molar-refractivity contribution in [2.75, 3.05) is 18.6 Å². The lowest BCUT2D eigenvalue weighted by molar-refractivity contribution is -0.120. The van der Waals surface area contributed by atoms with Crippen LogP contribution in [0.4, 0.5) is 5.69 Å². The van der Waals surface area contributed by atoms with Gasteiger partial charge in [-0.15, -0.1) is 5.10 Å². The first kappa shape index (κ1) is 17.9. The standard InChI is InChI=1S/C19H18N8O3/c1-26-15-7-12-13(22-25-21-12)8-16(15)30-10-14(19(26)29)20-18(28)17-23-27(24-17)9-11-5-3-2-4-6-11/h2-8,14H,9-10H2,1H3,(H,20,28)(H,23,24)(H,21,22,25)/t14-/m0/s1. The van der Waals surface area contributed by atoms with Gasteiger partial charge in [0.1, 0.15) is 29.4 Å². The normalized spacial score (nSPS) is 16.2. The molecule has 0 bridgehead atoms. The number of carbonyl (C=O) groups excluding carboxylic acids is 2. The molecule has 152 valence electrons. The molecule has 0 aliphatic carbocycles. The van der Waals surface area contributed by atoms with Crippen LogP contribution < -0.4 is 15.0 Å². The topological polar surface area (TPSA) is 134 Å². The fourth-order valence-corrected chi connectivity index (χ4v) is 3.34. The Morgan fingerprint density at radius 3 is 2.73 bits per heavy atom. The Morgan fingerprint density at radius 1 is 1.23 bits per heavy atom. The molecule has 30 heavy (non-hydrogen) atoms. The van der Waals surface area contributed by atoms with Gasteiger partial charge in [-0.05, 0) is 11.6 Å². The second-order valence-electron chi connectivity index (χ2n) is 6.97. The molecule has 0 fully saturated rings. The van der Waals surface area contributed by atoms with Crippen molar-refractivity contribution in [1.29, 1.82) is 0 Å². The van der Waals surface area contributed by atoms with E-state index in [1.54, 1.807) is 24.0 Å². The molecule has 1 aliphatic rings. The van der Waals surface area contributed by atoms with Crippen molar-refractivity contribution in [3.8, 4) is 5.75 Å². The van der Waals surface area contributed by atoms with Crippen molar-refractivity contribution >= 4 is 28.5 Å². The maximum atomic E-state index is 12.9. The van der Waals surface area contributed by atoms with E-state index in [2.05, 4.69) is 30.9 Å². The Labute approximate surface area is 170 Å². The molecule has 11 heteroatoms. The van der Waals surface area contributed by atoms with Gasteiger partial charge in [-0.1, -0.05) is 30.3 Å². The number of hydrogen-bond acceptors (Lipinski definition) is 6. The number of H-pyrrole nitrogens is 2. The molecular formula is C19H18N8O3. The molecular weight excluding hydrogens is 388 g/mol. The van der Waals surface area contributed by atoms with E-state index in [0.29, 0.717) is 29.0 Å². The number of aromatic nitrogens is 6. The van der Waals surface area contributed by atoms with Crippen LogP contribution in [0.2, 0.25) is 0 Å². The minimum absolute atomic E-state index is 0.00766. The number of nitrogens with one attached hydrogen (secondary N) is 3. The third-order valence-corrected chi connectivity index (χ3v) is 4.94. The number of amides is 2. The van der Waals surface area contributed by atoms with Crippen molar-refractivity contribution in [3.63, 3.8) is 0 Å². The first-order chi connectivity index (χ1) is 14.6. The van der Waals surface area contributed by atoms with Gasteiger partial charge in [0.05, 0.1) is 12.2 Å². The van der Waals surface area contributed by atoms with Crippen LogP contribution in [0.3, 0.4) is 0 Å². The largest absolute Gasteiger partial charge is 0.489 e. The molecule has 2 amide bonds. The van der Waals surface area contributed by atoms with Gasteiger partial charge in [0, 0.05) is 13.1 Å². The van der Waals surface area contributed by atoms with Crippen LogP contribution in [0, 0.1) is 0 Å². The van der Waals surface area contributed by atoms with Gasteiger partial charge in [-0.3, -0.25) is 14.7 Å². The number of benzene rings is 2. The molecule has 0 unspecified atom stereocenters. The molecule has 0 saturated heterocycles. The molecule has 2 aromatic heterocycles. The Hall–Kier alpha value is -4.15. The van der Waals surface area contributed by atoms with Crippen molar-refractivity contribution in [2.45, 2.75) is 12.6 Å². The predicted molar refractivity (Wildman–Crippen MR) is 106 cm³/mol. The molecule has 1 atom stereocenters. The number of ether oxygens (including phenoxy) is 1. The lowest BCUT2D eigenvalue weighted by atomic mass is 10.2. The lowest BCUT2D eigenvalue weighted by Gasteiger charge is -2.21. The van der Waals surface area contributed by atoms with Crippen LogP contribution >= 0.6 is 0 Å². The van der Waals surface area contributed by atoms with Gasteiger partial charge in [0.25, 0.3) is 11.8 Å². The SMILES string of the molecule is CN1C(=O)[C@@H](NC(=O)c2nn(Cc3ccccc3)[nH]2)COc2cc3n[nH]nc3cc21. The monoisotopic (exact) mass is 406 g/mol. The summed E-state index contributed by atoms with van der Waals surface area (Å²) in [5, 5.41) is 20.3. The van der Waals surface area contributed by atoms with Crippen molar-refractivity contribution in [1.82, 2.24) is 35.7 Å². The number of fused-ring (bicyclic) bond motifs is 2. The third kappa shape index (κ3) is 3.15. The minimum atomic E-state index is -0.857. The average Bonchev–Trinajstić information content (AvgIpc) is 3.15. The summed E-state index contributed by atoms with van der Waals surface area (Å²) in [5.41, 5.74) is 2.86. The van der Waals surface area contributed by atoms with Gasteiger partial charge in [0.15, 0.2) is 0 Å². The Balaban J connectivity index is 1.28. The van der Waals surface area contributed by atoms with Crippen molar-refractivity contribution in [3.05, 3.63) is 53.9 Å². The number of nitrogens with zero attached hydrogens (tertiary/aromatic N) is 5. The summed E-state index contributed by atoms with van der Waals surface area (Å²) in [7, 11) is 1.63. The average molecular weight is 406 g/mol. The van der Waals surface area contributed by atoms with Crippen molar-refractivity contribution < 1.29 is 14.3 Å². The molecule has 0 saturated carbocycles. The Kier molecular flexibility index (Phi) is 4.20. The number of anilines is 1. The second kappa shape index (κ2) is 7.03. The number of carbonyl (C=O) groups is 2. The molecule has 3 N–H and O–H groups in total. The minimum Gasteiger partial charge on any atom is -0.489 e. The van der Waals surface area contributed by atoms with E-state index in [1.165, 1.54) is 4.90 Å². The van der Waals surface area contributed by atoms with Crippen LogP contribution in [-0.4, -0.2) is 61.9 Å².